The third-order valence-corrected chi connectivity index (χ3v) is 2.04. The second-order valence-electron chi connectivity index (χ2n) is 4.44. The number of rotatable bonds is 0. The molecule has 0 radical (unpaired) electrons. The molecule has 0 bridgehead atoms. The van der Waals surface area contributed by atoms with E-state index in [0.717, 1.165) is 5.92 Å². The maximum Gasteiger partial charge on any atom is -0.0194 e. The Balaban J connectivity index is -0.0000000930. The van der Waals surface area contributed by atoms with Crippen molar-refractivity contribution in [3.63, 3.8) is 0 Å². The maximum atomic E-state index is 2.28. The quantitative estimate of drug-likeness (QED) is 0.423. The number of hydrogen-bond acceptors (Lipinski definition) is 0. The molecule has 112 valence electrons. The normalized spacial score (nSPS) is 15.9. The molecule has 1 aliphatic carbocycles. The monoisotopic (exact) mass is 256 g/mol. The molecule has 1 rings (SSSR count). The van der Waals surface area contributed by atoms with Gasteiger partial charge in [0.2, 0.25) is 0 Å². The van der Waals surface area contributed by atoms with Crippen LogP contribution in [0.15, 0.2) is 23.3 Å². The Labute approximate surface area is 119 Å². The van der Waals surface area contributed by atoms with Crippen LogP contribution in [0.3, 0.4) is 0 Å². The van der Waals surface area contributed by atoms with E-state index in [4.69, 9.17) is 0 Å². The second-order valence-corrected chi connectivity index (χ2v) is 4.44. The van der Waals surface area contributed by atoms with Crippen LogP contribution in [0.5, 0.6) is 0 Å². The SMILES string of the molecule is C.CC.CC1=CC=C(C)C(C)C1.CCC.CCC. The first-order valence-electron chi connectivity index (χ1n) is 7.37. The molecule has 0 N–H and O–H groups in total. The predicted octanol–water partition coefficient (Wildman–Crippen LogP) is 7.41. The summed E-state index contributed by atoms with van der Waals surface area (Å²) in [5.41, 5.74) is 3.02. The van der Waals surface area contributed by atoms with Crippen LogP contribution in [0.1, 0.15) is 89.0 Å². The lowest BCUT2D eigenvalue weighted by Crippen LogP contribution is -2.00. The Morgan fingerprint density at radius 1 is 0.944 bits per heavy atom. The van der Waals surface area contributed by atoms with E-state index >= 15 is 0 Å². The summed E-state index contributed by atoms with van der Waals surface area (Å²) in [6.45, 7) is 19.2. The molecule has 0 nitrogen and oxygen atoms in total. The van der Waals surface area contributed by atoms with Gasteiger partial charge in [0, 0.05) is 0 Å². The third-order valence-electron chi connectivity index (χ3n) is 2.04. The van der Waals surface area contributed by atoms with Crippen LogP contribution in [-0.2, 0) is 0 Å². The summed E-state index contributed by atoms with van der Waals surface area (Å²) in [6.07, 6.45) is 8.20. The van der Waals surface area contributed by atoms with Crippen LogP contribution in [0.25, 0.3) is 0 Å². The summed E-state index contributed by atoms with van der Waals surface area (Å²) in [7, 11) is 0. The molecule has 0 amide bonds. The highest BCUT2D eigenvalue weighted by atomic mass is 14.1. The lowest BCUT2D eigenvalue weighted by atomic mass is 9.90. The molecular formula is C18H40. The van der Waals surface area contributed by atoms with Crippen LogP contribution < -0.4 is 0 Å². The van der Waals surface area contributed by atoms with Crippen molar-refractivity contribution in [2.24, 2.45) is 5.92 Å². The average molecular weight is 257 g/mol. The van der Waals surface area contributed by atoms with E-state index in [9.17, 15) is 0 Å². The topological polar surface area (TPSA) is 0 Å². The first-order valence-corrected chi connectivity index (χ1v) is 7.37. The van der Waals surface area contributed by atoms with E-state index in [-0.39, 0.29) is 7.43 Å². The van der Waals surface area contributed by atoms with Crippen LogP contribution in [0.4, 0.5) is 0 Å². The first-order chi connectivity index (χ1) is 8.03. The van der Waals surface area contributed by atoms with Crippen molar-refractivity contribution in [2.45, 2.75) is 89.0 Å². The minimum absolute atomic E-state index is 0. The van der Waals surface area contributed by atoms with Crippen molar-refractivity contribution < 1.29 is 0 Å². The molecule has 0 saturated heterocycles. The van der Waals surface area contributed by atoms with Crippen LogP contribution in [0.2, 0.25) is 0 Å². The van der Waals surface area contributed by atoms with Gasteiger partial charge < -0.3 is 0 Å². The van der Waals surface area contributed by atoms with Gasteiger partial charge in [-0.05, 0) is 26.2 Å². The van der Waals surface area contributed by atoms with E-state index in [2.05, 4.69) is 60.6 Å². The molecule has 0 aliphatic heterocycles. The molecule has 1 aliphatic rings. The van der Waals surface area contributed by atoms with Gasteiger partial charge in [-0.1, -0.05) is 92.0 Å². The Morgan fingerprint density at radius 3 is 1.50 bits per heavy atom. The van der Waals surface area contributed by atoms with Gasteiger partial charge in [0.15, 0.2) is 0 Å². The van der Waals surface area contributed by atoms with Crippen molar-refractivity contribution in [1.29, 1.82) is 0 Å². The lowest BCUT2D eigenvalue weighted by Gasteiger charge is -2.15. The van der Waals surface area contributed by atoms with Crippen LogP contribution in [-0.4, -0.2) is 0 Å². The Hall–Kier alpha value is -0.520. The fraction of sp³-hybridized carbons (Fsp3) is 0.778. The summed E-state index contributed by atoms with van der Waals surface area (Å²) in [5.74, 6) is 0.773. The second kappa shape index (κ2) is 21.7. The summed E-state index contributed by atoms with van der Waals surface area (Å²) in [6, 6.07) is 0. The smallest absolute Gasteiger partial charge is 0.0194 e. The Bertz CT molecular complexity index is 182. The summed E-state index contributed by atoms with van der Waals surface area (Å²) in [4.78, 5) is 0. The van der Waals surface area contributed by atoms with Crippen molar-refractivity contribution in [3.8, 4) is 0 Å². The average Bonchev–Trinajstić information content (AvgIpc) is 2.29. The van der Waals surface area contributed by atoms with Crippen molar-refractivity contribution in [2.75, 3.05) is 0 Å². The van der Waals surface area contributed by atoms with Crippen molar-refractivity contribution in [3.05, 3.63) is 23.3 Å². The summed E-state index contributed by atoms with van der Waals surface area (Å²) < 4.78 is 0. The van der Waals surface area contributed by atoms with Crippen molar-refractivity contribution in [1.82, 2.24) is 0 Å². The fourth-order valence-corrected chi connectivity index (χ4v) is 1.15. The highest BCUT2D eigenvalue weighted by Crippen LogP contribution is 2.23. The van der Waals surface area contributed by atoms with Gasteiger partial charge in [-0.3, -0.25) is 0 Å². The molecule has 18 heavy (non-hydrogen) atoms. The fourth-order valence-electron chi connectivity index (χ4n) is 1.15. The summed E-state index contributed by atoms with van der Waals surface area (Å²) in [5, 5.41) is 0. The Morgan fingerprint density at radius 2 is 1.28 bits per heavy atom. The van der Waals surface area contributed by atoms with E-state index in [1.165, 1.54) is 30.4 Å². The van der Waals surface area contributed by atoms with E-state index in [0.29, 0.717) is 0 Å². The number of allylic oxidation sites excluding steroid dienone is 4. The minimum atomic E-state index is 0. The van der Waals surface area contributed by atoms with Gasteiger partial charge in [-0.15, -0.1) is 0 Å². The zero-order valence-electron chi connectivity index (χ0n) is 13.9. The van der Waals surface area contributed by atoms with Crippen LogP contribution >= 0.6 is 0 Å². The summed E-state index contributed by atoms with van der Waals surface area (Å²) >= 11 is 0. The first kappa shape index (κ1) is 26.1. The van der Waals surface area contributed by atoms with Gasteiger partial charge in [-0.2, -0.15) is 0 Å². The molecule has 0 aromatic heterocycles. The van der Waals surface area contributed by atoms with Crippen LogP contribution in [0, 0.1) is 5.92 Å². The molecular weight excluding hydrogens is 216 g/mol. The zero-order valence-corrected chi connectivity index (χ0v) is 13.9. The lowest BCUT2D eigenvalue weighted by molar-refractivity contribution is 0.662. The van der Waals surface area contributed by atoms with E-state index in [1.54, 1.807) is 0 Å². The highest BCUT2D eigenvalue weighted by molar-refractivity contribution is 5.23. The van der Waals surface area contributed by atoms with Gasteiger partial charge >= 0.3 is 0 Å². The maximum absolute atomic E-state index is 2.28. The van der Waals surface area contributed by atoms with E-state index < -0.39 is 0 Å². The van der Waals surface area contributed by atoms with Gasteiger partial charge in [0.25, 0.3) is 0 Å². The molecule has 1 atom stereocenters. The molecule has 0 saturated carbocycles. The molecule has 0 heterocycles. The molecule has 0 heteroatoms. The van der Waals surface area contributed by atoms with Gasteiger partial charge in [-0.25, -0.2) is 0 Å². The highest BCUT2D eigenvalue weighted by Gasteiger charge is 2.07. The van der Waals surface area contributed by atoms with Gasteiger partial charge in [0.1, 0.15) is 0 Å². The third kappa shape index (κ3) is 20.8. The Kier molecular flexibility index (Phi) is 31.5. The molecule has 1 unspecified atom stereocenters. The molecule has 0 aromatic rings. The standard InChI is InChI=1S/C9H14.2C3H8.C2H6.CH4/c1-7-4-5-8(2)9(3)6-7;2*1-3-2;1-2;/h4-5,9H,6H2,1-3H3;2*3H2,1-2H3;1-2H3;1H4. The largest absolute Gasteiger partial charge is 0.0776 e. The predicted molar refractivity (Wildman–Crippen MR) is 91.3 cm³/mol. The number of hydrogen-bond donors (Lipinski definition) is 0. The molecule has 0 aromatic carbocycles. The van der Waals surface area contributed by atoms with Crippen molar-refractivity contribution >= 4 is 0 Å². The molecule has 0 spiro atoms. The molecule has 0 fully saturated rings. The van der Waals surface area contributed by atoms with E-state index in [1.807, 2.05) is 13.8 Å². The minimum Gasteiger partial charge on any atom is -0.0776 e. The zero-order chi connectivity index (χ0) is 14.3. The van der Waals surface area contributed by atoms with Gasteiger partial charge in [0.05, 0.1) is 0 Å².